The molecule has 5 nitrogen and oxygen atoms in total. The summed E-state index contributed by atoms with van der Waals surface area (Å²) in [7, 11) is 0. The van der Waals surface area contributed by atoms with E-state index >= 15 is 0 Å². The summed E-state index contributed by atoms with van der Waals surface area (Å²) in [6.07, 6.45) is -1.10. The van der Waals surface area contributed by atoms with Gasteiger partial charge in [-0.25, -0.2) is 4.98 Å². The number of nitrogens with zero attached hydrogens (tertiary/aromatic N) is 1. The van der Waals surface area contributed by atoms with Gasteiger partial charge in [-0.2, -0.15) is 13.2 Å². The monoisotopic (exact) mass is 425 g/mol. The first-order valence-electron chi connectivity index (χ1n) is 9.49. The molecule has 0 radical (unpaired) electrons. The zero-order valence-corrected chi connectivity index (χ0v) is 16.4. The number of aromatic nitrogens is 2. The summed E-state index contributed by atoms with van der Waals surface area (Å²) in [6, 6.07) is 14.7. The van der Waals surface area contributed by atoms with Crippen molar-refractivity contribution in [3.8, 4) is 11.5 Å². The Bertz CT molecular complexity index is 1200. The number of carbonyl (C=O) groups is 1. The fourth-order valence-corrected chi connectivity index (χ4v) is 3.19. The predicted molar refractivity (Wildman–Crippen MR) is 110 cm³/mol. The average molecular weight is 425 g/mol. The van der Waals surface area contributed by atoms with Gasteiger partial charge in [-0.1, -0.05) is 12.1 Å². The molecule has 1 heterocycles. The number of fused-ring (bicyclic) bond motifs is 1. The van der Waals surface area contributed by atoms with Crippen molar-refractivity contribution in [1.82, 2.24) is 15.3 Å². The molecule has 0 saturated carbocycles. The van der Waals surface area contributed by atoms with Crippen LogP contribution in [-0.4, -0.2) is 15.9 Å². The summed E-state index contributed by atoms with van der Waals surface area (Å²) in [5.41, 5.74) is -0.269. The molecule has 0 spiro atoms. The maximum absolute atomic E-state index is 12.7. The zero-order valence-electron chi connectivity index (χ0n) is 16.4. The number of aromatic amines is 1. The first kappa shape index (κ1) is 20.5. The van der Waals surface area contributed by atoms with Crippen LogP contribution in [0.1, 0.15) is 34.7 Å². The van der Waals surface area contributed by atoms with Crippen molar-refractivity contribution in [1.29, 1.82) is 0 Å². The Morgan fingerprint density at radius 3 is 2.55 bits per heavy atom. The molecule has 0 aliphatic carbocycles. The number of hydrogen-bond donors (Lipinski definition) is 2. The van der Waals surface area contributed by atoms with Gasteiger partial charge in [-0.15, -0.1) is 0 Å². The molecule has 1 amide bonds. The Kier molecular flexibility index (Phi) is 5.37. The molecule has 1 unspecified atom stereocenters. The lowest BCUT2D eigenvalue weighted by atomic mass is 10.1. The van der Waals surface area contributed by atoms with E-state index in [9.17, 15) is 18.0 Å². The number of ether oxygens (including phenoxy) is 1. The van der Waals surface area contributed by atoms with Gasteiger partial charge in [0.15, 0.2) is 0 Å². The number of carbonyl (C=O) groups excluding carboxylic acids is 1. The average Bonchev–Trinajstić information content (AvgIpc) is 3.28. The molecule has 2 N–H and O–H groups in total. The molecule has 158 valence electrons. The second kappa shape index (κ2) is 8.14. The normalized spacial score (nSPS) is 12.5. The van der Waals surface area contributed by atoms with Crippen LogP contribution in [0.4, 0.5) is 13.2 Å². The van der Waals surface area contributed by atoms with Crippen LogP contribution in [0.25, 0.3) is 10.8 Å². The highest BCUT2D eigenvalue weighted by molar-refractivity contribution is 6.00. The largest absolute Gasteiger partial charge is 0.457 e. The molecule has 0 bridgehead atoms. The van der Waals surface area contributed by atoms with Gasteiger partial charge in [-0.3, -0.25) is 4.79 Å². The fraction of sp³-hybridized carbons (Fsp3) is 0.130. The number of alkyl halides is 3. The summed E-state index contributed by atoms with van der Waals surface area (Å²) in [6.45, 7) is 1.83. The maximum atomic E-state index is 12.7. The van der Waals surface area contributed by atoms with Gasteiger partial charge in [0.2, 0.25) is 0 Å². The lowest BCUT2D eigenvalue weighted by molar-refractivity contribution is -0.137. The Hall–Kier alpha value is -3.81. The van der Waals surface area contributed by atoms with E-state index in [2.05, 4.69) is 15.3 Å². The van der Waals surface area contributed by atoms with E-state index in [1.165, 1.54) is 12.1 Å². The first-order chi connectivity index (χ1) is 14.8. The molecule has 31 heavy (non-hydrogen) atoms. The molecule has 1 aromatic heterocycles. The lowest BCUT2D eigenvalue weighted by Crippen LogP contribution is -2.27. The second-order valence-corrected chi connectivity index (χ2v) is 6.99. The maximum Gasteiger partial charge on any atom is 0.416 e. The van der Waals surface area contributed by atoms with Gasteiger partial charge in [0.25, 0.3) is 5.91 Å². The van der Waals surface area contributed by atoms with Crippen molar-refractivity contribution in [3.63, 3.8) is 0 Å². The molecule has 0 aliphatic rings. The van der Waals surface area contributed by atoms with Gasteiger partial charge in [0.1, 0.15) is 17.3 Å². The standard InChI is InChI=1S/C23H18F3N3O2/c1-14(21-27-11-12-28-21)29-22(30)16-5-10-19-15(13-16)3-2-4-20(19)31-18-8-6-17(7-9-18)23(24,25)26/h2-14H,1H3,(H,27,28)(H,29,30). The number of benzene rings is 3. The first-order valence-corrected chi connectivity index (χ1v) is 9.49. The van der Waals surface area contributed by atoms with Crippen LogP contribution in [0.2, 0.25) is 0 Å². The minimum atomic E-state index is -4.40. The van der Waals surface area contributed by atoms with E-state index in [4.69, 9.17) is 4.74 Å². The third-order valence-corrected chi connectivity index (χ3v) is 4.79. The van der Waals surface area contributed by atoms with Crippen LogP contribution in [0.15, 0.2) is 73.1 Å². The van der Waals surface area contributed by atoms with Gasteiger partial charge in [-0.05, 0) is 60.8 Å². The Morgan fingerprint density at radius 2 is 1.87 bits per heavy atom. The van der Waals surface area contributed by atoms with E-state index < -0.39 is 11.7 Å². The molecule has 0 fully saturated rings. The topological polar surface area (TPSA) is 67.0 Å². The van der Waals surface area contributed by atoms with E-state index in [0.717, 1.165) is 22.9 Å². The molecule has 8 heteroatoms. The van der Waals surface area contributed by atoms with Crippen LogP contribution >= 0.6 is 0 Å². The van der Waals surface area contributed by atoms with Crippen molar-refractivity contribution in [3.05, 3.63) is 90.0 Å². The number of amides is 1. The van der Waals surface area contributed by atoms with Crippen molar-refractivity contribution in [2.24, 2.45) is 0 Å². The predicted octanol–water partition coefficient (Wildman–Crippen LogP) is 5.87. The SMILES string of the molecule is CC(NC(=O)c1ccc2c(Oc3ccc(C(F)(F)F)cc3)cccc2c1)c1ncc[nH]1. The molecule has 3 aromatic carbocycles. The van der Waals surface area contributed by atoms with E-state index in [1.807, 2.05) is 13.0 Å². The molecule has 1 atom stereocenters. The van der Waals surface area contributed by atoms with Crippen molar-refractivity contribution < 1.29 is 22.7 Å². The Labute approximate surface area is 175 Å². The minimum absolute atomic E-state index is 0.250. The summed E-state index contributed by atoms with van der Waals surface area (Å²) >= 11 is 0. The highest BCUT2D eigenvalue weighted by atomic mass is 19.4. The molecular weight excluding hydrogens is 407 g/mol. The summed E-state index contributed by atoms with van der Waals surface area (Å²) in [5, 5.41) is 4.38. The van der Waals surface area contributed by atoms with E-state index in [1.54, 1.807) is 42.7 Å². The minimum Gasteiger partial charge on any atom is -0.457 e. The van der Waals surface area contributed by atoms with E-state index in [-0.39, 0.29) is 17.7 Å². The molecule has 4 aromatic rings. The van der Waals surface area contributed by atoms with Gasteiger partial charge in [0.05, 0.1) is 11.6 Å². The van der Waals surface area contributed by atoms with Crippen molar-refractivity contribution in [2.45, 2.75) is 19.1 Å². The van der Waals surface area contributed by atoms with Crippen LogP contribution in [0, 0.1) is 0 Å². The number of rotatable bonds is 5. The molecule has 0 saturated heterocycles. The van der Waals surface area contributed by atoms with Gasteiger partial charge >= 0.3 is 6.18 Å². The smallest absolute Gasteiger partial charge is 0.416 e. The number of H-pyrrole nitrogens is 1. The number of hydrogen-bond acceptors (Lipinski definition) is 3. The fourth-order valence-electron chi connectivity index (χ4n) is 3.19. The summed E-state index contributed by atoms with van der Waals surface area (Å²) in [5.74, 6) is 1.17. The number of imidazole rings is 1. The number of halogens is 3. The van der Waals surface area contributed by atoms with Crippen LogP contribution in [-0.2, 0) is 6.18 Å². The van der Waals surface area contributed by atoms with Crippen LogP contribution in [0.3, 0.4) is 0 Å². The van der Waals surface area contributed by atoms with Crippen LogP contribution < -0.4 is 10.1 Å². The van der Waals surface area contributed by atoms with Gasteiger partial charge < -0.3 is 15.0 Å². The third kappa shape index (κ3) is 4.53. The highest BCUT2D eigenvalue weighted by Gasteiger charge is 2.30. The summed E-state index contributed by atoms with van der Waals surface area (Å²) in [4.78, 5) is 19.7. The number of nitrogens with one attached hydrogen (secondary N) is 2. The Morgan fingerprint density at radius 1 is 1.10 bits per heavy atom. The molecule has 4 rings (SSSR count). The Balaban J connectivity index is 1.55. The van der Waals surface area contributed by atoms with Crippen molar-refractivity contribution >= 4 is 16.7 Å². The molecular formula is C23H18F3N3O2. The quantitative estimate of drug-likeness (QED) is 0.421. The summed E-state index contributed by atoms with van der Waals surface area (Å²) < 4.78 is 44.0. The van der Waals surface area contributed by atoms with Crippen molar-refractivity contribution in [2.75, 3.05) is 0 Å². The molecule has 0 aliphatic heterocycles. The van der Waals surface area contributed by atoms with Gasteiger partial charge in [0, 0.05) is 23.3 Å². The second-order valence-electron chi connectivity index (χ2n) is 6.99. The van der Waals surface area contributed by atoms with E-state index in [0.29, 0.717) is 17.1 Å². The third-order valence-electron chi connectivity index (χ3n) is 4.79. The highest BCUT2D eigenvalue weighted by Crippen LogP contribution is 2.33. The lowest BCUT2D eigenvalue weighted by Gasteiger charge is -2.13. The van der Waals surface area contributed by atoms with Crippen LogP contribution in [0.5, 0.6) is 11.5 Å². The zero-order chi connectivity index (χ0) is 22.0.